The van der Waals surface area contributed by atoms with Crippen molar-refractivity contribution in [2.75, 3.05) is 13.2 Å². The highest BCUT2D eigenvalue weighted by molar-refractivity contribution is 9.10. The SMILES string of the molecule is CC(C)CC(NCC(CO)Cc1ccc(F)c(Br)c1)c1ccncc1. The van der Waals surface area contributed by atoms with Crippen molar-refractivity contribution in [1.82, 2.24) is 10.3 Å². The molecule has 1 heterocycles. The Labute approximate surface area is 157 Å². The van der Waals surface area contributed by atoms with Gasteiger partial charge in [0, 0.05) is 31.6 Å². The normalized spacial score (nSPS) is 13.8. The third-order valence-electron chi connectivity index (χ3n) is 4.24. The molecule has 1 aromatic carbocycles. The van der Waals surface area contributed by atoms with E-state index in [9.17, 15) is 9.50 Å². The third kappa shape index (κ3) is 6.49. The molecule has 2 N–H and O–H groups in total. The number of hydrogen-bond donors (Lipinski definition) is 2. The molecule has 136 valence electrons. The van der Waals surface area contributed by atoms with Crippen molar-refractivity contribution in [3.05, 3.63) is 64.1 Å². The lowest BCUT2D eigenvalue weighted by Crippen LogP contribution is -2.31. The van der Waals surface area contributed by atoms with Gasteiger partial charge in [-0.2, -0.15) is 0 Å². The average molecular weight is 409 g/mol. The average Bonchev–Trinajstić information content (AvgIpc) is 2.60. The smallest absolute Gasteiger partial charge is 0.137 e. The Bertz CT molecular complexity index is 651. The fraction of sp³-hybridized carbons (Fsp3) is 0.450. The number of halogens is 2. The summed E-state index contributed by atoms with van der Waals surface area (Å²) in [5, 5.41) is 13.3. The number of aliphatic hydroxyl groups excluding tert-OH is 1. The summed E-state index contributed by atoms with van der Waals surface area (Å²) in [5.74, 6) is 0.372. The molecule has 25 heavy (non-hydrogen) atoms. The first-order chi connectivity index (χ1) is 12.0. The second-order valence-corrected chi connectivity index (χ2v) is 7.73. The first-order valence-corrected chi connectivity index (χ1v) is 9.47. The van der Waals surface area contributed by atoms with Crippen LogP contribution in [0.3, 0.4) is 0 Å². The molecule has 2 aromatic rings. The quantitative estimate of drug-likeness (QED) is 0.641. The Morgan fingerprint density at radius 2 is 1.92 bits per heavy atom. The molecular weight excluding hydrogens is 383 g/mol. The van der Waals surface area contributed by atoms with Crippen LogP contribution in [0, 0.1) is 17.7 Å². The molecule has 5 heteroatoms. The molecule has 2 atom stereocenters. The summed E-state index contributed by atoms with van der Waals surface area (Å²) in [6, 6.07) is 9.32. The van der Waals surface area contributed by atoms with E-state index in [1.165, 1.54) is 11.6 Å². The predicted octanol–water partition coefficient (Wildman–Crippen LogP) is 4.51. The van der Waals surface area contributed by atoms with Gasteiger partial charge in [0.05, 0.1) is 4.47 Å². The molecule has 3 nitrogen and oxygen atoms in total. The number of aromatic nitrogens is 1. The molecule has 0 saturated heterocycles. The van der Waals surface area contributed by atoms with Crippen LogP contribution < -0.4 is 5.32 Å². The molecule has 1 aromatic heterocycles. The first kappa shape index (κ1) is 20.0. The van der Waals surface area contributed by atoms with Crippen LogP contribution in [0.5, 0.6) is 0 Å². The van der Waals surface area contributed by atoms with Crippen LogP contribution >= 0.6 is 15.9 Å². The third-order valence-corrected chi connectivity index (χ3v) is 4.84. The molecule has 0 spiro atoms. The maximum absolute atomic E-state index is 13.4. The lowest BCUT2D eigenvalue weighted by Gasteiger charge is -2.24. The van der Waals surface area contributed by atoms with E-state index in [1.807, 2.05) is 24.5 Å². The monoisotopic (exact) mass is 408 g/mol. The number of nitrogens with one attached hydrogen (secondary N) is 1. The lowest BCUT2D eigenvalue weighted by atomic mass is 9.95. The fourth-order valence-corrected chi connectivity index (χ4v) is 3.34. The molecule has 0 bridgehead atoms. The zero-order valence-electron chi connectivity index (χ0n) is 14.8. The van der Waals surface area contributed by atoms with Gasteiger partial charge in [-0.3, -0.25) is 4.98 Å². The molecule has 0 radical (unpaired) electrons. The summed E-state index contributed by atoms with van der Waals surface area (Å²) in [6.07, 6.45) is 5.34. The molecular formula is C20H26BrFN2O. The van der Waals surface area contributed by atoms with E-state index < -0.39 is 0 Å². The lowest BCUT2D eigenvalue weighted by molar-refractivity contribution is 0.216. The maximum atomic E-state index is 13.4. The van der Waals surface area contributed by atoms with Crippen LogP contribution in [0.4, 0.5) is 4.39 Å². The van der Waals surface area contributed by atoms with E-state index >= 15 is 0 Å². The largest absolute Gasteiger partial charge is 0.396 e. The van der Waals surface area contributed by atoms with Gasteiger partial charge in [0.1, 0.15) is 5.82 Å². The second kappa shape index (κ2) is 10.00. The van der Waals surface area contributed by atoms with Gasteiger partial charge < -0.3 is 10.4 Å². The van der Waals surface area contributed by atoms with Gasteiger partial charge in [-0.15, -0.1) is 0 Å². The zero-order chi connectivity index (χ0) is 18.2. The van der Waals surface area contributed by atoms with Crippen molar-refractivity contribution in [2.24, 2.45) is 11.8 Å². The Morgan fingerprint density at radius 3 is 2.52 bits per heavy atom. The van der Waals surface area contributed by atoms with Crippen molar-refractivity contribution >= 4 is 15.9 Å². The van der Waals surface area contributed by atoms with Gasteiger partial charge >= 0.3 is 0 Å². The molecule has 2 unspecified atom stereocenters. The number of rotatable bonds is 9. The van der Waals surface area contributed by atoms with Gasteiger partial charge in [-0.05, 0) is 76.0 Å². The van der Waals surface area contributed by atoms with E-state index in [0.29, 0.717) is 23.4 Å². The van der Waals surface area contributed by atoms with Crippen LogP contribution in [0.25, 0.3) is 0 Å². The Balaban J connectivity index is 1.99. The summed E-state index contributed by atoms with van der Waals surface area (Å²) in [4.78, 5) is 4.09. The molecule has 0 fully saturated rings. The van der Waals surface area contributed by atoms with E-state index in [4.69, 9.17) is 0 Å². The van der Waals surface area contributed by atoms with Crippen molar-refractivity contribution in [2.45, 2.75) is 32.7 Å². The summed E-state index contributed by atoms with van der Waals surface area (Å²) in [7, 11) is 0. The Hall–Kier alpha value is -1.30. The van der Waals surface area contributed by atoms with Crippen LogP contribution in [0.1, 0.15) is 37.4 Å². The zero-order valence-corrected chi connectivity index (χ0v) is 16.3. The van der Waals surface area contributed by atoms with Crippen LogP contribution in [-0.2, 0) is 6.42 Å². The summed E-state index contributed by atoms with van der Waals surface area (Å²) < 4.78 is 13.8. The van der Waals surface area contributed by atoms with Crippen LogP contribution in [0.2, 0.25) is 0 Å². The van der Waals surface area contributed by atoms with E-state index in [2.05, 4.69) is 40.1 Å². The molecule has 2 rings (SSSR count). The van der Waals surface area contributed by atoms with Gasteiger partial charge in [0.15, 0.2) is 0 Å². The minimum absolute atomic E-state index is 0.0776. The number of benzene rings is 1. The van der Waals surface area contributed by atoms with E-state index in [1.54, 1.807) is 12.1 Å². The number of nitrogens with zero attached hydrogens (tertiary/aromatic N) is 1. The minimum Gasteiger partial charge on any atom is -0.396 e. The summed E-state index contributed by atoms with van der Waals surface area (Å²) >= 11 is 3.22. The number of pyridine rings is 1. The van der Waals surface area contributed by atoms with Crippen LogP contribution in [-0.4, -0.2) is 23.2 Å². The molecule has 0 aliphatic rings. The number of aliphatic hydroxyl groups is 1. The van der Waals surface area contributed by atoms with E-state index in [0.717, 1.165) is 12.0 Å². The summed E-state index contributed by atoms with van der Waals surface area (Å²) in [6.45, 7) is 5.20. The second-order valence-electron chi connectivity index (χ2n) is 6.87. The Kier molecular flexibility index (Phi) is 8.00. The van der Waals surface area contributed by atoms with Crippen molar-refractivity contribution in [1.29, 1.82) is 0 Å². The molecule has 0 aliphatic carbocycles. The minimum atomic E-state index is -0.267. The maximum Gasteiger partial charge on any atom is 0.137 e. The first-order valence-electron chi connectivity index (χ1n) is 8.67. The van der Waals surface area contributed by atoms with E-state index in [-0.39, 0.29) is 24.4 Å². The predicted molar refractivity (Wildman–Crippen MR) is 103 cm³/mol. The molecule has 0 amide bonds. The Morgan fingerprint density at radius 1 is 1.20 bits per heavy atom. The van der Waals surface area contributed by atoms with Crippen molar-refractivity contribution in [3.63, 3.8) is 0 Å². The standard InChI is InChI=1S/C20H26BrFN2O/c1-14(2)9-20(17-5-7-23-8-6-17)24-12-16(13-25)10-15-3-4-19(22)18(21)11-15/h3-8,11,14,16,20,24-25H,9-10,12-13H2,1-2H3. The van der Waals surface area contributed by atoms with Gasteiger partial charge in [0.25, 0.3) is 0 Å². The van der Waals surface area contributed by atoms with Crippen molar-refractivity contribution < 1.29 is 9.50 Å². The summed E-state index contributed by atoms with van der Waals surface area (Å²) in [5.41, 5.74) is 2.23. The van der Waals surface area contributed by atoms with Gasteiger partial charge in [-0.1, -0.05) is 19.9 Å². The van der Waals surface area contributed by atoms with Gasteiger partial charge in [0.2, 0.25) is 0 Å². The molecule has 0 aliphatic heterocycles. The fourth-order valence-electron chi connectivity index (χ4n) is 2.91. The highest BCUT2D eigenvalue weighted by Gasteiger charge is 2.16. The van der Waals surface area contributed by atoms with Crippen molar-refractivity contribution in [3.8, 4) is 0 Å². The highest BCUT2D eigenvalue weighted by Crippen LogP contribution is 2.22. The number of hydrogen-bond acceptors (Lipinski definition) is 3. The topological polar surface area (TPSA) is 45.1 Å². The highest BCUT2D eigenvalue weighted by atomic mass is 79.9. The van der Waals surface area contributed by atoms with Crippen LogP contribution in [0.15, 0.2) is 47.2 Å². The molecule has 0 saturated carbocycles. The van der Waals surface area contributed by atoms with Gasteiger partial charge in [-0.25, -0.2) is 4.39 Å².